The number of Topliss-reactive ketones (excluding diaryl/α,β-unsaturated/α-hetero) is 1. The summed E-state index contributed by atoms with van der Waals surface area (Å²) in [5.41, 5.74) is 4.98. The summed E-state index contributed by atoms with van der Waals surface area (Å²) in [4.78, 5) is 43.5. The van der Waals surface area contributed by atoms with Gasteiger partial charge in [0.05, 0.1) is 10.8 Å². The number of carbonyl (C=O) groups excluding carboxylic acids is 3. The van der Waals surface area contributed by atoms with E-state index in [1.54, 1.807) is 0 Å². The lowest BCUT2D eigenvalue weighted by Crippen LogP contribution is -2.29. The molecule has 1 aliphatic rings. The highest BCUT2D eigenvalue weighted by molar-refractivity contribution is 8.01. The molecule has 1 aliphatic heterocycles. The van der Waals surface area contributed by atoms with Crippen LogP contribution in [0.25, 0.3) is 21.8 Å². The van der Waals surface area contributed by atoms with Crippen LogP contribution in [0.15, 0.2) is 64.6 Å². The second-order valence-corrected chi connectivity index (χ2v) is 9.96. The fraction of sp³-hybridized carbons (Fsp3) is 0.214. The molecule has 35 heavy (non-hydrogen) atoms. The number of fused-ring (bicyclic) bond motifs is 5. The van der Waals surface area contributed by atoms with Crippen LogP contribution in [-0.4, -0.2) is 33.1 Å². The fourth-order valence-corrected chi connectivity index (χ4v) is 5.94. The lowest BCUT2D eigenvalue weighted by atomic mass is 9.97. The third-order valence-electron chi connectivity index (χ3n) is 6.38. The van der Waals surface area contributed by atoms with Crippen molar-refractivity contribution in [3.63, 3.8) is 0 Å². The number of benzene rings is 3. The number of aryl methyl sites for hydroxylation is 2. The van der Waals surface area contributed by atoms with E-state index >= 15 is 0 Å². The Balaban J connectivity index is 1.73. The molecule has 0 bridgehead atoms. The van der Waals surface area contributed by atoms with Crippen LogP contribution in [0.2, 0.25) is 0 Å². The van der Waals surface area contributed by atoms with Crippen molar-refractivity contribution in [2.75, 3.05) is 0 Å². The zero-order valence-electron chi connectivity index (χ0n) is 19.9. The first-order chi connectivity index (χ1) is 16.8. The van der Waals surface area contributed by atoms with Gasteiger partial charge in [-0.2, -0.15) is 0 Å². The van der Waals surface area contributed by atoms with Gasteiger partial charge in [0, 0.05) is 51.3 Å². The quantitative estimate of drug-likeness (QED) is 0.203. The zero-order chi connectivity index (χ0) is 24.9. The smallest absolute Gasteiger partial charge is 0.331 e. The van der Waals surface area contributed by atoms with E-state index in [1.807, 2.05) is 68.4 Å². The van der Waals surface area contributed by atoms with Gasteiger partial charge < -0.3 is 9.40 Å². The Hall–Kier alpha value is -3.71. The van der Waals surface area contributed by atoms with Crippen LogP contribution in [-0.2, 0) is 16.2 Å². The van der Waals surface area contributed by atoms with Crippen molar-refractivity contribution in [2.24, 2.45) is 5.16 Å². The van der Waals surface area contributed by atoms with Crippen LogP contribution in [0, 0.1) is 6.92 Å². The Morgan fingerprint density at radius 1 is 1.09 bits per heavy atom. The highest BCUT2D eigenvalue weighted by atomic mass is 32.2. The lowest BCUT2D eigenvalue weighted by molar-refractivity contribution is -0.140. The molecule has 7 heteroatoms. The van der Waals surface area contributed by atoms with Gasteiger partial charge in [-0.1, -0.05) is 29.4 Å². The molecule has 0 amide bonds. The van der Waals surface area contributed by atoms with E-state index in [9.17, 15) is 14.4 Å². The normalized spacial score (nSPS) is 16.6. The molecule has 0 saturated heterocycles. The predicted octanol–water partition coefficient (Wildman–Crippen LogP) is 5.95. The summed E-state index contributed by atoms with van der Waals surface area (Å²) in [6, 6.07) is 17.1. The molecule has 2 heterocycles. The molecule has 5 rings (SSSR count). The van der Waals surface area contributed by atoms with E-state index in [-0.39, 0.29) is 22.5 Å². The van der Waals surface area contributed by atoms with Crippen LogP contribution >= 0.6 is 11.8 Å². The number of rotatable bonds is 4. The average molecular weight is 485 g/mol. The molecule has 6 nitrogen and oxygen atoms in total. The summed E-state index contributed by atoms with van der Waals surface area (Å²) in [5.74, 6) is -0.848. The van der Waals surface area contributed by atoms with E-state index in [0.717, 1.165) is 38.8 Å². The minimum Gasteiger partial charge on any atom is -0.341 e. The van der Waals surface area contributed by atoms with Crippen LogP contribution in [0.3, 0.4) is 0 Å². The van der Waals surface area contributed by atoms with Crippen molar-refractivity contribution in [1.29, 1.82) is 0 Å². The van der Waals surface area contributed by atoms with Gasteiger partial charge in [-0.3, -0.25) is 9.59 Å². The molecule has 176 valence electrons. The third-order valence-corrected chi connectivity index (χ3v) is 7.62. The Bertz CT molecular complexity index is 1580. The molecule has 1 atom stereocenters. The minimum atomic E-state index is -0.569. The monoisotopic (exact) mass is 484 g/mol. The Morgan fingerprint density at radius 2 is 1.83 bits per heavy atom. The molecule has 0 N–H and O–H groups in total. The first kappa shape index (κ1) is 23.1. The molecule has 3 aromatic carbocycles. The molecule has 0 spiro atoms. The summed E-state index contributed by atoms with van der Waals surface area (Å²) in [6.45, 7) is 7.89. The van der Waals surface area contributed by atoms with Crippen LogP contribution in [0.4, 0.5) is 0 Å². The Kier molecular flexibility index (Phi) is 5.81. The minimum absolute atomic E-state index is 0.0277. The number of hydrogen-bond acceptors (Lipinski definition) is 6. The molecule has 0 fully saturated rings. The van der Waals surface area contributed by atoms with E-state index in [1.165, 1.54) is 18.7 Å². The summed E-state index contributed by atoms with van der Waals surface area (Å²) in [7, 11) is 0. The molecular formula is C28H24N2O4S. The Morgan fingerprint density at radius 3 is 2.54 bits per heavy atom. The van der Waals surface area contributed by atoms with E-state index in [4.69, 9.17) is 4.84 Å². The number of ketones is 2. The van der Waals surface area contributed by atoms with Crippen molar-refractivity contribution in [3.05, 3.63) is 76.9 Å². The van der Waals surface area contributed by atoms with E-state index < -0.39 is 5.97 Å². The molecule has 0 aliphatic carbocycles. The highest BCUT2D eigenvalue weighted by Crippen LogP contribution is 2.43. The number of nitrogens with zero attached hydrogens (tertiary/aromatic N) is 2. The number of hydrogen-bond donors (Lipinski definition) is 0. The average Bonchev–Trinajstić information content (AvgIpc) is 3.16. The Labute approximate surface area is 206 Å². The molecular weight excluding hydrogens is 460 g/mol. The second kappa shape index (κ2) is 8.82. The summed E-state index contributed by atoms with van der Waals surface area (Å²) in [6.07, 6.45) is 0. The maximum atomic E-state index is 13.4. The first-order valence-electron chi connectivity index (χ1n) is 11.5. The lowest BCUT2D eigenvalue weighted by Gasteiger charge is -2.22. The van der Waals surface area contributed by atoms with Crippen LogP contribution in [0.5, 0.6) is 0 Å². The molecule has 0 saturated carbocycles. The number of oxime groups is 1. The van der Waals surface area contributed by atoms with Crippen molar-refractivity contribution < 1.29 is 19.2 Å². The van der Waals surface area contributed by atoms with Crippen LogP contribution < -0.4 is 0 Å². The molecule has 4 aromatic rings. The third kappa shape index (κ3) is 3.76. The summed E-state index contributed by atoms with van der Waals surface area (Å²) >= 11 is 1.52. The molecule has 0 radical (unpaired) electrons. The molecule has 1 unspecified atom stereocenters. The van der Waals surface area contributed by atoms with Gasteiger partial charge in [-0.25, -0.2) is 4.79 Å². The summed E-state index contributed by atoms with van der Waals surface area (Å²) < 4.78 is 2.20. The number of aromatic nitrogens is 1. The largest absolute Gasteiger partial charge is 0.341 e. The number of carbonyl (C=O) groups is 3. The standard InChI is InChI=1S/C28H24N2O4S/c1-5-30-22-12-10-18(26(32)19-9-7-6-8-15(19)2)14-21(22)24-23(30)13-11-20-27(33)25(29-34-17(4)31)16(3)35-28(20)24/h6-14,16H,5H2,1-4H3/b29-25-. The topological polar surface area (TPSA) is 77.7 Å². The van der Waals surface area contributed by atoms with Crippen molar-refractivity contribution in [3.8, 4) is 0 Å². The van der Waals surface area contributed by atoms with Gasteiger partial charge in [0.1, 0.15) is 5.71 Å². The fourth-order valence-electron chi connectivity index (χ4n) is 4.71. The highest BCUT2D eigenvalue weighted by Gasteiger charge is 2.33. The predicted molar refractivity (Wildman–Crippen MR) is 139 cm³/mol. The number of thioether (sulfide) groups is 1. The first-order valence-corrected chi connectivity index (χ1v) is 12.4. The van der Waals surface area contributed by atoms with Gasteiger partial charge in [0.25, 0.3) is 0 Å². The van der Waals surface area contributed by atoms with Crippen molar-refractivity contribution in [1.82, 2.24) is 4.57 Å². The second-order valence-electron chi connectivity index (χ2n) is 8.61. The van der Waals surface area contributed by atoms with Crippen molar-refractivity contribution in [2.45, 2.75) is 44.4 Å². The van der Waals surface area contributed by atoms with Gasteiger partial charge in [0.2, 0.25) is 5.78 Å². The zero-order valence-corrected chi connectivity index (χ0v) is 20.7. The SMILES string of the molecule is CCn1c2ccc(C(=O)c3ccccc3C)cc2c2c3c(ccc21)C(=O)/C(=N\OC(C)=O)C(C)S3. The van der Waals surface area contributed by atoms with Crippen molar-refractivity contribution >= 4 is 56.8 Å². The maximum Gasteiger partial charge on any atom is 0.331 e. The van der Waals surface area contributed by atoms with Crippen LogP contribution in [0.1, 0.15) is 52.6 Å². The molecule has 1 aromatic heterocycles. The van der Waals surface area contributed by atoms with Gasteiger partial charge in [-0.05, 0) is 56.7 Å². The van der Waals surface area contributed by atoms with Gasteiger partial charge >= 0.3 is 5.97 Å². The maximum absolute atomic E-state index is 13.4. The van der Waals surface area contributed by atoms with Gasteiger partial charge in [0.15, 0.2) is 5.78 Å². The van der Waals surface area contributed by atoms with Gasteiger partial charge in [-0.15, -0.1) is 11.8 Å². The summed E-state index contributed by atoms with van der Waals surface area (Å²) in [5, 5.41) is 5.43. The van der Waals surface area contributed by atoms with E-state index in [2.05, 4.69) is 16.6 Å². The van der Waals surface area contributed by atoms with E-state index in [0.29, 0.717) is 16.7 Å².